The van der Waals surface area contributed by atoms with E-state index in [0.29, 0.717) is 11.4 Å². The predicted octanol–water partition coefficient (Wildman–Crippen LogP) is -1.25. The third-order valence-electron chi connectivity index (χ3n) is 2.95. The van der Waals surface area contributed by atoms with Crippen molar-refractivity contribution in [3.05, 3.63) is 11.9 Å². The van der Waals surface area contributed by atoms with Gasteiger partial charge in [-0.3, -0.25) is 4.79 Å². The van der Waals surface area contributed by atoms with Crippen LogP contribution in [0.3, 0.4) is 0 Å². The zero-order valence-electron chi connectivity index (χ0n) is 9.44. The second-order valence-corrected chi connectivity index (χ2v) is 4.04. The van der Waals surface area contributed by atoms with Gasteiger partial charge < -0.3 is 25.2 Å². The van der Waals surface area contributed by atoms with Gasteiger partial charge in [-0.25, -0.2) is 9.97 Å². The third kappa shape index (κ3) is 1.62. The SMILES string of the molecule is Nc1ncnc2c1C(=O)CN2[C@H]1CO[C@@H](CO)O1. The van der Waals surface area contributed by atoms with Gasteiger partial charge in [-0.15, -0.1) is 0 Å². The lowest BCUT2D eigenvalue weighted by molar-refractivity contribution is -0.0874. The summed E-state index contributed by atoms with van der Waals surface area (Å²) in [5, 5.41) is 8.94. The molecule has 3 rings (SSSR count). The molecule has 3 heterocycles. The number of Topliss-reactive ketones (excluding diaryl/α,β-unsaturated/α-hetero) is 1. The van der Waals surface area contributed by atoms with Crippen molar-refractivity contribution in [2.24, 2.45) is 0 Å². The first kappa shape index (κ1) is 11.3. The van der Waals surface area contributed by atoms with E-state index in [1.807, 2.05) is 0 Å². The third-order valence-corrected chi connectivity index (χ3v) is 2.95. The van der Waals surface area contributed by atoms with E-state index in [2.05, 4.69) is 9.97 Å². The van der Waals surface area contributed by atoms with E-state index in [1.165, 1.54) is 6.33 Å². The molecule has 1 aromatic rings. The normalized spacial score (nSPS) is 26.7. The molecule has 1 saturated heterocycles. The molecule has 1 fully saturated rings. The molecule has 2 aliphatic heterocycles. The van der Waals surface area contributed by atoms with Crippen LogP contribution in [0, 0.1) is 0 Å². The van der Waals surface area contributed by atoms with Gasteiger partial charge >= 0.3 is 0 Å². The number of hydrogen-bond donors (Lipinski definition) is 2. The Balaban J connectivity index is 1.90. The van der Waals surface area contributed by atoms with Crippen LogP contribution in [0.5, 0.6) is 0 Å². The summed E-state index contributed by atoms with van der Waals surface area (Å²) in [5.41, 5.74) is 5.99. The molecule has 8 nitrogen and oxygen atoms in total. The molecule has 0 amide bonds. The quantitative estimate of drug-likeness (QED) is 0.672. The first-order valence-corrected chi connectivity index (χ1v) is 5.49. The number of nitrogen functional groups attached to an aromatic ring is 1. The summed E-state index contributed by atoms with van der Waals surface area (Å²) in [4.78, 5) is 21.4. The smallest absolute Gasteiger partial charge is 0.189 e. The number of nitrogens with two attached hydrogens (primary N) is 1. The van der Waals surface area contributed by atoms with Crippen LogP contribution in [0.2, 0.25) is 0 Å². The molecule has 3 N–H and O–H groups in total. The van der Waals surface area contributed by atoms with Gasteiger partial charge in [-0.05, 0) is 0 Å². The number of aromatic nitrogens is 2. The highest BCUT2D eigenvalue weighted by Gasteiger charge is 2.39. The fourth-order valence-corrected chi connectivity index (χ4v) is 2.12. The topological polar surface area (TPSA) is 111 Å². The summed E-state index contributed by atoms with van der Waals surface area (Å²) in [5.74, 6) is 0.490. The minimum atomic E-state index is -0.659. The van der Waals surface area contributed by atoms with Gasteiger partial charge in [0.15, 0.2) is 18.3 Å². The zero-order valence-corrected chi connectivity index (χ0v) is 9.44. The average molecular weight is 252 g/mol. The van der Waals surface area contributed by atoms with Crippen LogP contribution in [0.25, 0.3) is 0 Å². The minimum absolute atomic E-state index is 0.129. The highest BCUT2D eigenvalue weighted by atomic mass is 16.7. The number of anilines is 2. The molecule has 0 aromatic carbocycles. The molecule has 0 bridgehead atoms. The molecule has 96 valence electrons. The largest absolute Gasteiger partial charge is 0.391 e. The van der Waals surface area contributed by atoms with E-state index in [1.54, 1.807) is 4.90 Å². The maximum Gasteiger partial charge on any atom is 0.189 e. The number of carbonyl (C=O) groups excluding carboxylic acids is 1. The average Bonchev–Trinajstić information content (AvgIpc) is 2.94. The monoisotopic (exact) mass is 252 g/mol. The van der Waals surface area contributed by atoms with Crippen molar-refractivity contribution in [1.82, 2.24) is 9.97 Å². The number of ketones is 1. The second kappa shape index (κ2) is 4.16. The number of aliphatic hydroxyl groups excluding tert-OH is 1. The Hall–Kier alpha value is -1.77. The summed E-state index contributed by atoms with van der Waals surface area (Å²) < 4.78 is 10.6. The van der Waals surface area contributed by atoms with Crippen molar-refractivity contribution in [1.29, 1.82) is 0 Å². The Bertz CT molecular complexity index is 495. The van der Waals surface area contributed by atoms with E-state index < -0.39 is 12.5 Å². The predicted molar refractivity (Wildman–Crippen MR) is 59.8 cm³/mol. The second-order valence-electron chi connectivity index (χ2n) is 4.04. The molecule has 0 radical (unpaired) electrons. The zero-order chi connectivity index (χ0) is 12.7. The van der Waals surface area contributed by atoms with Crippen molar-refractivity contribution in [2.45, 2.75) is 12.5 Å². The summed E-state index contributed by atoms with van der Waals surface area (Å²) in [6.45, 7) is 0.170. The Morgan fingerprint density at radius 3 is 3.11 bits per heavy atom. The highest BCUT2D eigenvalue weighted by molar-refractivity contribution is 6.10. The maximum atomic E-state index is 11.9. The number of nitrogens with zero attached hydrogens (tertiary/aromatic N) is 3. The van der Waals surface area contributed by atoms with E-state index in [9.17, 15) is 4.79 Å². The Morgan fingerprint density at radius 2 is 2.39 bits per heavy atom. The number of ether oxygens (including phenoxy) is 2. The van der Waals surface area contributed by atoms with Gasteiger partial charge in [0.2, 0.25) is 0 Å². The van der Waals surface area contributed by atoms with Gasteiger partial charge in [0.25, 0.3) is 0 Å². The van der Waals surface area contributed by atoms with E-state index in [-0.39, 0.29) is 31.4 Å². The Kier molecular flexibility index (Phi) is 2.62. The molecule has 8 heteroatoms. The van der Waals surface area contributed by atoms with Gasteiger partial charge in [0.1, 0.15) is 23.5 Å². The molecule has 18 heavy (non-hydrogen) atoms. The first-order chi connectivity index (χ1) is 8.70. The summed E-state index contributed by atoms with van der Waals surface area (Å²) in [6.07, 6.45) is 0.203. The van der Waals surface area contributed by atoms with Crippen LogP contribution in [0.1, 0.15) is 10.4 Å². The van der Waals surface area contributed by atoms with Crippen molar-refractivity contribution < 1.29 is 19.4 Å². The lowest BCUT2D eigenvalue weighted by atomic mass is 10.2. The Labute approximate surface area is 102 Å². The first-order valence-electron chi connectivity index (χ1n) is 5.49. The lowest BCUT2D eigenvalue weighted by Gasteiger charge is -2.23. The van der Waals surface area contributed by atoms with Crippen molar-refractivity contribution in [3.8, 4) is 0 Å². The van der Waals surface area contributed by atoms with Crippen LogP contribution >= 0.6 is 0 Å². The van der Waals surface area contributed by atoms with E-state index in [0.717, 1.165) is 0 Å². The van der Waals surface area contributed by atoms with Crippen molar-refractivity contribution in [3.63, 3.8) is 0 Å². The minimum Gasteiger partial charge on any atom is -0.391 e. The van der Waals surface area contributed by atoms with Gasteiger partial charge in [0.05, 0.1) is 19.8 Å². The van der Waals surface area contributed by atoms with Crippen LogP contribution in [-0.2, 0) is 9.47 Å². The molecule has 0 spiro atoms. The molecule has 1 aromatic heterocycles. The lowest BCUT2D eigenvalue weighted by Crippen LogP contribution is -2.37. The molecule has 0 saturated carbocycles. The number of rotatable bonds is 2. The standard InChI is InChI=1S/C10H12N4O4/c11-9-8-5(16)1-14(10(8)13-4-12-9)6-3-17-7(2-15)18-6/h4,6-7,15H,1-3H2,(H2,11,12,13)/t6-,7-/m1/s1. The fourth-order valence-electron chi connectivity index (χ4n) is 2.12. The fraction of sp³-hybridized carbons (Fsp3) is 0.500. The molecule has 0 aliphatic carbocycles. The molecule has 2 aliphatic rings. The number of hydrogen-bond acceptors (Lipinski definition) is 8. The Morgan fingerprint density at radius 1 is 1.56 bits per heavy atom. The molecular formula is C10H12N4O4. The van der Waals surface area contributed by atoms with Gasteiger partial charge in [-0.1, -0.05) is 0 Å². The number of carbonyl (C=O) groups is 1. The van der Waals surface area contributed by atoms with Crippen LogP contribution in [0.15, 0.2) is 6.33 Å². The molecule has 2 atom stereocenters. The van der Waals surface area contributed by atoms with Crippen LogP contribution < -0.4 is 10.6 Å². The van der Waals surface area contributed by atoms with Crippen LogP contribution in [-0.4, -0.2) is 53.1 Å². The summed E-state index contributed by atoms with van der Waals surface area (Å²) in [7, 11) is 0. The van der Waals surface area contributed by atoms with Crippen molar-refractivity contribution >= 4 is 17.4 Å². The summed E-state index contributed by atoms with van der Waals surface area (Å²) in [6, 6.07) is 0. The van der Waals surface area contributed by atoms with Gasteiger partial charge in [0, 0.05) is 0 Å². The van der Waals surface area contributed by atoms with E-state index >= 15 is 0 Å². The number of fused-ring (bicyclic) bond motifs is 1. The van der Waals surface area contributed by atoms with Gasteiger partial charge in [-0.2, -0.15) is 0 Å². The highest BCUT2D eigenvalue weighted by Crippen LogP contribution is 2.32. The molecular weight excluding hydrogens is 240 g/mol. The van der Waals surface area contributed by atoms with Crippen molar-refractivity contribution in [2.75, 3.05) is 30.4 Å². The van der Waals surface area contributed by atoms with E-state index in [4.69, 9.17) is 20.3 Å². The molecule has 0 unspecified atom stereocenters. The summed E-state index contributed by atoms with van der Waals surface area (Å²) >= 11 is 0. The maximum absolute atomic E-state index is 11.9. The van der Waals surface area contributed by atoms with Crippen LogP contribution in [0.4, 0.5) is 11.6 Å². The number of aliphatic hydroxyl groups is 1.